The second-order valence-electron chi connectivity index (χ2n) is 2.56. The van der Waals surface area contributed by atoms with Crippen molar-refractivity contribution in [1.29, 1.82) is 0 Å². The lowest BCUT2D eigenvalue weighted by molar-refractivity contribution is -0.143. The van der Waals surface area contributed by atoms with Crippen LogP contribution in [0.15, 0.2) is 0 Å². The summed E-state index contributed by atoms with van der Waals surface area (Å²) in [5, 5.41) is 0. The molecule has 0 bridgehead atoms. The van der Waals surface area contributed by atoms with Crippen LogP contribution >= 0.6 is 0 Å². The van der Waals surface area contributed by atoms with Gasteiger partial charge in [-0.25, -0.2) is 0 Å². The van der Waals surface area contributed by atoms with Crippen molar-refractivity contribution in [3.05, 3.63) is 0 Å². The van der Waals surface area contributed by atoms with Gasteiger partial charge in [0.1, 0.15) is 0 Å². The fourth-order valence-corrected chi connectivity index (χ4v) is 0.907. The van der Waals surface area contributed by atoms with Crippen molar-refractivity contribution in [2.75, 3.05) is 6.61 Å². The third-order valence-electron chi connectivity index (χ3n) is 1.39. The Bertz CT molecular complexity index is 115. The molecule has 2 N–H and O–H groups in total. The molecule has 0 unspecified atom stereocenters. The SMILES string of the molecule is CCC[C@@H](N)CC(=O)OCC. The molecule has 0 saturated carbocycles. The maximum Gasteiger partial charge on any atom is 0.307 e. The molecule has 0 heterocycles. The van der Waals surface area contributed by atoms with Crippen LogP contribution in [0.5, 0.6) is 0 Å². The maximum absolute atomic E-state index is 10.8. The van der Waals surface area contributed by atoms with Crippen LogP contribution in [0, 0.1) is 0 Å². The molecule has 3 nitrogen and oxygen atoms in total. The molecule has 0 aliphatic rings. The first-order chi connectivity index (χ1) is 5.20. The highest BCUT2D eigenvalue weighted by Crippen LogP contribution is 1.99. The third kappa shape index (κ3) is 5.85. The first kappa shape index (κ1) is 10.4. The summed E-state index contributed by atoms with van der Waals surface area (Å²) in [6, 6.07) is -0.0287. The fraction of sp³-hybridized carbons (Fsp3) is 0.875. The number of carbonyl (C=O) groups excluding carboxylic acids is 1. The summed E-state index contributed by atoms with van der Waals surface area (Å²) in [6.45, 7) is 4.28. The zero-order valence-electron chi connectivity index (χ0n) is 7.30. The van der Waals surface area contributed by atoms with Crippen molar-refractivity contribution in [3.63, 3.8) is 0 Å². The summed E-state index contributed by atoms with van der Waals surface area (Å²) in [4.78, 5) is 10.8. The molecule has 0 aromatic carbocycles. The Kier molecular flexibility index (Phi) is 5.84. The van der Waals surface area contributed by atoms with Gasteiger partial charge in [0, 0.05) is 6.04 Å². The van der Waals surface area contributed by atoms with Crippen molar-refractivity contribution in [2.45, 2.75) is 39.2 Å². The van der Waals surface area contributed by atoms with Crippen molar-refractivity contribution in [2.24, 2.45) is 5.73 Å². The maximum atomic E-state index is 10.8. The van der Waals surface area contributed by atoms with Gasteiger partial charge >= 0.3 is 5.97 Å². The van der Waals surface area contributed by atoms with Crippen molar-refractivity contribution < 1.29 is 9.53 Å². The Morgan fingerprint density at radius 2 is 2.18 bits per heavy atom. The molecule has 0 spiro atoms. The topological polar surface area (TPSA) is 52.3 Å². The highest BCUT2D eigenvalue weighted by Gasteiger charge is 2.08. The minimum Gasteiger partial charge on any atom is -0.466 e. The smallest absolute Gasteiger partial charge is 0.307 e. The predicted octanol–water partition coefficient (Wildman–Crippen LogP) is 1.07. The lowest BCUT2D eigenvalue weighted by atomic mass is 10.1. The molecule has 0 aromatic rings. The van der Waals surface area contributed by atoms with Crippen LogP contribution in [0.25, 0.3) is 0 Å². The summed E-state index contributed by atoms with van der Waals surface area (Å²) in [6.07, 6.45) is 2.25. The Balaban J connectivity index is 3.40. The predicted molar refractivity (Wildman–Crippen MR) is 44.1 cm³/mol. The van der Waals surface area contributed by atoms with E-state index < -0.39 is 0 Å². The number of ether oxygens (including phenoxy) is 1. The molecule has 11 heavy (non-hydrogen) atoms. The van der Waals surface area contributed by atoms with E-state index in [2.05, 4.69) is 0 Å². The molecular weight excluding hydrogens is 142 g/mol. The van der Waals surface area contributed by atoms with Crippen molar-refractivity contribution in [1.82, 2.24) is 0 Å². The molecule has 0 aliphatic carbocycles. The molecule has 66 valence electrons. The van der Waals surface area contributed by atoms with E-state index in [0.717, 1.165) is 12.8 Å². The molecule has 1 atom stereocenters. The Morgan fingerprint density at radius 1 is 1.55 bits per heavy atom. The first-order valence-electron chi connectivity index (χ1n) is 4.11. The second kappa shape index (κ2) is 6.16. The highest BCUT2D eigenvalue weighted by atomic mass is 16.5. The Labute approximate surface area is 67.9 Å². The fourth-order valence-electron chi connectivity index (χ4n) is 0.907. The van der Waals surface area contributed by atoms with Crippen LogP contribution < -0.4 is 5.73 Å². The van der Waals surface area contributed by atoms with E-state index in [1.165, 1.54) is 0 Å². The molecule has 0 rings (SSSR count). The van der Waals surface area contributed by atoms with E-state index >= 15 is 0 Å². The number of nitrogens with two attached hydrogens (primary N) is 1. The van der Waals surface area contributed by atoms with Gasteiger partial charge in [0.15, 0.2) is 0 Å². The van der Waals surface area contributed by atoms with E-state index in [-0.39, 0.29) is 12.0 Å². The standard InChI is InChI=1S/C8H17NO2/c1-3-5-7(9)6-8(10)11-4-2/h7H,3-6,9H2,1-2H3/t7-/m1/s1. The van der Waals surface area contributed by atoms with Gasteiger partial charge in [-0.1, -0.05) is 13.3 Å². The largest absolute Gasteiger partial charge is 0.466 e. The summed E-state index contributed by atoms with van der Waals surface area (Å²) in [5.41, 5.74) is 5.61. The summed E-state index contributed by atoms with van der Waals surface area (Å²) >= 11 is 0. The molecule has 0 amide bonds. The minimum absolute atomic E-state index is 0.0287. The lowest BCUT2D eigenvalue weighted by Crippen LogP contribution is -2.24. The molecule has 0 radical (unpaired) electrons. The normalized spacial score (nSPS) is 12.6. The van der Waals surface area contributed by atoms with Crippen LogP contribution in [-0.4, -0.2) is 18.6 Å². The van der Waals surface area contributed by atoms with Gasteiger partial charge in [0.05, 0.1) is 13.0 Å². The number of rotatable bonds is 5. The Morgan fingerprint density at radius 3 is 2.64 bits per heavy atom. The van der Waals surface area contributed by atoms with Crippen LogP contribution in [0.4, 0.5) is 0 Å². The number of esters is 1. The first-order valence-corrected chi connectivity index (χ1v) is 4.11. The summed E-state index contributed by atoms with van der Waals surface area (Å²) < 4.78 is 4.74. The van der Waals surface area contributed by atoms with Gasteiger partial charge < -0.3 is 10.5 Å². The number of carbonyl (C=O) groups is 1. The van der Waals surface area contributed by atoms with Crippen LogP contribution in [0.3, 0.4) is 0 Å². The van der Waals surface area contributed by atoms with Gasteiger partial charge in [0.25, 0.3) is 0 Å². The zero-order chi connectivity index (χ0) is 8.69. The zero-order valence-corrected chi connectivity index (χ0v) is 7.30. The average Bonchev–Trinajstić information content (AvgIpc) is 1.87. The molecular formula is C8H17NO2. The number of hydrogen-bond acceptors (Lipinski definition) is 3. The van der Waals surface area contributed by atoms with E-state index in [1.54, 1.807) is 6.92 Å². The van der Waals surface area contributed by atoms with Gasteiger partial charge in [-0.3, -0.25) is 4.79 Å². The summed E-state index contributed by atoms with van der Waals surface area (Å²) in [5.74, 6) is -0.187. The van der Waals surface area contributed by atoms with E-state index in [0.29, 0.717) is 13.0 Å². The Hall–Kier alpha value is -0.570. The van der Waals surface area contributed by atoms with E-state index in [9.17, 15) is 4.79 Å². The summed E-state index contributed by atoms with van der Waals surface area (Å²) in [7, 11) is 0. The monoisotopic (exact) mass is 159 g/mol. The average molecular weight is 159 g/mol. The second-order valence-corrected chi connectivity index (χ2v) is 2.56. The quantitative estimate of drug-likeness (QED) is 0.610. The van der Waals surface area contributed by atoms with Gasteiger partial charge in [0.2, 0.25) is 0 Å². The highest BCUT2D eigenvalue weighted by molar-refractivity contribution is 5.70. The molecule has 0 fully saturated rings. The molecule has 3 heteroatoms. The number of hydrogen-bond donors (Lipinski definition) is 1. The lowest BCUT2D eigenvalue weighted by Gasteiger charge is -2.08. The van der Waals surface area contributed by atoms with Gasteiger partial charge in [-0.15, -0.1) is 0 Å². The third-order valence-corrected chi connectivity index (χ3v) is 1.39. The van der Waals surface area contributed by atoms with Crippen LogP contribution in [0.1, 0.15) is 33.1 Å². The van der Waals surface area contributed by atoms with Crippen LogP contribution in [-0.2, 0) is 9.53 Å². The van der Waals surface area contributed by atoms with E-state index in [1.807, 2.05) is 6.92 Å². The van der Waals surface area contributed by atoms with E-state index in [4.69, 9.17) is 10.5 Å². The molecule has 0 saturated heterocycles. The van der Waals surface area contributed by atoms with Crippen molar-refractivity contribution in [3.8, 4) is 0 Å². The minimum atomic E-state index is -0.187. The van der Waals surface area contributed by atoms with Crippen molar-refractivity contribution >= 4 is 5.97 Å². The molecule has 0 aromatic heterocycles. The van der Waals surface area contributed by atoms with Crippen LogP contribution in [0.2, 0.25) is 0 Å². The van der Waals surface area contributed by atoms with Gasteiger partial charge in [-0.05, 0) is 13.3 Å². The van der Waals surface area contributed by atoms with Gasteiger partial charge in [-0.2, -0.15) is 0 Å². The molecule has 0 aliphatic heterocycles.